The third kappa shape index (κ3) is 1.56. The Kier molecular flexibility index (Phi) is 2.13. The molecule has 0 saturated heterocycles. The van der Waals surface area contributed by atoms with Gasteiger partial charge in [0.15, 0.2) is 5.76 Å². The minimum Gasteiger partial charge on any atom is -0.459 e. The summed E-state index contributed by atoms with van der Waals surface area (Å²) in [4.78, 5) is 8.03. The molecule has 0 bridgehead atoms. The summed E-state index contributed by atoms with van der Waals surface area (Å²) in [7, 11) is 0. The van der Waals surface area contributed by atoms with E-state index in [1.165, 1.54) is 18.4 Å². The number of nitrogens with two attached hydrogens (primary N) is 1. The quantitative estimate of drug-likeness (QED) is 0.792. The summed E-state index contributed by atoms with van der Waals surface area (Å²) in [6.07, 6.45) is 6.26. The zero-order chi connectivity index (χ0) is 11.0. The van der Waals surface area contributed by atoms with Crippen molar-refractivity contribution in [3.63, 3.8) is 0 Å². The second-order valence-electron chi connectivity index (χ2n) is 4.07. The molecule has 0 spiro atoms. The van der Waals surface area contributed by atoms with Crippen molar-refractivity contribution in [3.8, 4) is 11.5 Å². The molecule has 1 aliphatic rings. The zero-order valence-corrected chi connectivity index (χ0v) is 8.94. The number of hydrogen-bond donors (Lipinski definition) is 1. The van der Waals surface area contributed by atoms with Gasteiger partial charge in [-0.15, -0.1) is 0 Å². The lowest BCUT2D eigenvalue weighted by molar-refractivity contribution is 0.486. The molecule has 2 N–H and O–H groups in total. The van der Waals surface area contributed by atoms with E-state index < -0.39 is 0 Å². The predicted molar refractivity (Wildman–Crippen MR) is 60.8 cm³/mol. The van der Waals surface area contributed by atoms with Gasteiger partial charge in [0.2, 0.25) is 5.95 Å². The van der Waals surface area contributed by atoms with E-state index in [2.05, 4.69) is 16.0 Å². The molecule has 0 fully saturated rings. The first kappa shape index (κ1) is 9.39. The van der Waals surface area contributed by atoms with Crippen LogP contribution < -0.4 is 5.73 Å². The van der Waals surface area contributed by atoms with Crippen LogP contribution in [0.5, 0.6) is 0 Å². The van der Waals surface area contributed by atoms with Crippen LogP contribution in [0.15, 0.2) is 22.7 Å². The molecule has 4 nitrogen and oxygen atoms in total. The van der Waals surface area contributed by atoms with Gasteiger partial charge < -0.3 is 10.2 Å². The second-order valence-corrected chi connectivity index (χ2v) is 4.07. The highest BCUT2D eigenvalue weighted by Crippen LogP contribution is 2.29. The highest BCUT2D eigenvalue weighted by Gasteiger charge is 2.16. The Labute approximate surface area is 93.5 Å². The van der Waals surface area contributed by atoms with Crippen LogP contribution >= 0.6 is 0 Å². The highest BCUT2D eigenvalue weighted by molar-refractivity contribution is 5.55. The molecular formula is C12H13N3O. The van der Waals surface area contributed by atoms with E-state index in [1.54, 1.807) is 6.20 Å². The minimum absolute atomic E-state index is 0.284. The number of nitrogen functional groups attached to an aromatic ring is 1. The monoisotopic (exact) mass is 215 g/mol. The minimum atomic E-state index is 0.284. The van der Waals surface area contributed by atoms with Gasteiger partial charge in [-0.1, -0.05) is 0 Å². The van der Waals surface area contributed by atoms with Crippen molar-refractivity contribution in [2.45, 2.75) is 25.7 Å². The average molecular weight is 215 g/mol. The summed E-state index contributed by atoms with van der Waals surface area (Å²) in [5, 5.41) is 0. The third-order valence-electron chi connectivity index (χ3n) is 2.92. The fourth-order valence-corrected chi connectivity index (χ4v) is 2.13. The maximum atomic E-state index is 5.80. The summed E-state index contributed by atoms with van der Waals surface area (Å²) in [6.45, 7) is 0. The number of aryl methyl sites for hydroxylation is 2. The van der Waals surface area contributed by atoms with E-state index in [-0.39, 0.29) is 5.95 Å². The van der Waals surface area contributed by atoms with Gasteiger partial charge in [-0.25, -0.2) is 9.97 Å². The van der Waals surface area contributed by atoms with E-state index in [4.69, 9.17) is 10.2 Å². The standard InChI is InChI=1S/C12H13N3O/c13-12-14-6-5-9(15-12)11-7-8-3-1-2-4-10(8)16-11/h5-7H,1-4H2,(H2,13,14,15). The molecule has 3 rings (SSSR count). The molecule has 0 unspecified atom stereocenters. The van der Waals surface area contributed by atoms with Crippen molar-refractivity contribution in [2.24, 2.45) is 0 Å². The number of aromatic nitrogens is 2. The van der Waals surface area contributed by atoms with Crippen molar-refractivity contribution < 1.29 is 4.42 Å². The molecule has 0 amide bonds. The van der Waals surface area contributed by atoms with Gasteiger partial charge in [-0.05, 0) is 37.0 Å². The normalized spacial score (nSPS) is 14.8. The molecule has 2 aromatic heterocycles. The number of hydrogen-bond acceptors (Lipinski definition) is 4. The fraction of sp³-hybridized carbons (Fsp3) is 0.333. The first-order valence-corrected chi connectivity index (χ1v) is 5.53. The molecule has 0 radical (unpaired) electrons. The topological polar surface area (TPSA) is 64.9 Å². The largest absolute Gasteiger partial charge is 0.459 e. The number of anilines is 1. The Hall–Kier alpha value is -1.84. The van der Waals surface area contributed by atoms with Gasteiger partial charge in [0.25, 0.3) is 0 Å². The van der Waals surface area contributed by atoms with Gasteiger partial charge in [-0.2, -0.15) is 0 Å². The zero-order valence-electron chi connectivity index (χ0n) is 8.94. The van der Waals surface area contributed by atoms with Crippen LogP contribution in [0.3, 0.4) is 0 Å². The van der Waals surface area contributed by atoms with Gasteiger partial charge in [0.05, 0.1) is 0 Å². The molecule has 2 heterocycles. The molecule has 0 aliphatic heterocycles. The summed E-state index contributed by atoms with van der Waals surface area (Å²) < 4.78 is 5.80. The molecule has 16 heavy (non-hydrogen) atoms. The molecule has 0 atom stereocenters. The summed E-state index contributed by atoms with van der Waals surface area (Å²) in [6, 6.07) is 3.90. The number of fused-ring (bicyclic) bond motifs is 1. The molecule has 1 aliphatic carbocycles. The maximum absolute atomic E-state index is 5.80. The van der Waals surface area contributed by atoms with E-state index >= 15 is 0 Å². The predicted octanol–water partition coefficient (Wildman–Crippen LogP) is 2.20. The van der Waals surface area contributed by atoms with Crippen LogP contribution in [0.25, 0.3) is 11.5 Å². The Bertz CT molecular complexity index is 495. The smallest absolute Gasteiger partial charge is 0.220 e. The van der Waals surface area contributed by atoms with E-state index in [1.807, 2.05) is 6.07 Å². The van der Waals surface area contributed by atoms with Crippen molar-refractivity contribution in [1.29, 1.82) is 0 Å². The SMILES string of the molecule is Nc1nccc(-c2cc3c(o2)CCCC3)n1. The summed E-state index contributed by atoms with van der Waals surface area (Å²) in [5.41, 5.74) is 7.64. The van der Waals surface area contributed by atoms with Crippen LogP contribution in [0.2, 0.25) is 0 Å². The highest BCUT2D eigenvalue weighted by atomic mass is 16.3. The average Bonchev–Trinajstić information content (AvgIpc) is 2.72. The van der Waals surface area contributed by atoms with Crippen LogP contribution in [-0.4, -0.2) is 9.97 Å². The Morgan fingerprint density at radius 3 is 2.94 bits per heavy atom. The molecule has 82 valence electrons. The second kappa shape index (κ2) is 3.63. The van der Waals surface area contributed by atoms with Crippen molar-refractivity contribution in [2.75, 3.05) is 5.73 Å². The fourth-order valence-electron chi connectivity index (χ4n) is 2.13. The Morgan fingerprint density at radius 2 is 2.12 bits per heavy atom. The third-order valence-corrected chi connectivity index (χ3v) is 2.92. The van der Waals surface area contributed by atoms with Crippen LogP contribution in [0, 0.1) is 0 Å². The van der Waals surface area contributed by atoms with Gasteiger partial charge in [0, 0.05) is 12.6 Å². The first-order valence-electron chi connectivity index (χ1n) is 5.53. The Morgan fingerprint density at radius 1 is 1.25 bits per heavy atom. The van der Waals surface area contributed by atoms with Crippen LogP contribution in [-0.2, 0) is 12.8 Å². The van der Waals surface area contributed by atoms with E-state index in [9.17, 15) is 0 Å². The molecule has 4 heteroatoms. The lowest BCUT2D eigenvalue weighted by Gasteiger charge is -2.07. The molecular weight excluding hydrogens is 202 g/mol. The van der Waals surface area contributed by atoms with Gasteiger partial charge >= 0.3 is 0 Å². The van der Waals surface area contributed by atoms with Crippen molar-refractivity contribution in [3.05, 3.63) is 29.7 Å². The lowest BCUT2D eigenvalue weighted by Crippen LogP contribution is -1.97. The molecule has 0 saturated carbocycles. The maximum Gasteiger partial charge on any atom is 0.220 e. The lowest BCUT2D eigenvalue weighted by atomic mass is 9.99. The molecule has 2 aromatic rings. The first-order chi connectivity index (χ1) is 7.83. The molecule has 0 aromatic carbocycles. The number of rotatable bonds is 1. The summed E-state index contributed by atoms with van der Waals surface area (Å²) in [5.74, 6) is 2.20. The van der Waals surface area contributed by atoms with E-state index in [0.29, 0.717) is 0 Å². The summed E-state index contributed by atoms with van der Waals surface area (Å²) >= 11 is 0. The van der Waals surface area contributed by atoms with Crippen LogP contribution in [0.4, 0.5) is 5.95 Å². The van der Waals surface area contributed by atoms with Gasteiger partial charge in [-0.3, -0.25) is 0 Å². The number of furan rings is 1. The number of nitrogens with zero attached hydrogens (tertiary/aromatic N) is 2. The van der Waals surface area contributed by atoms with Gasteiger partial charge in [0.1, 0.15) is 11.5 Å². The van der Waals surface area contributed by atoms with E-state index in [0.717, 1.165) is 30.1 Å². The van der Waals surface area contributed by atoms with Crippen molar-refractivity contribution in [1.82, 2.24) is 9.97 Å². The van der Waals surface area contributed by atoms with Crippen LogP contribution in [0.1, 0.15) is 24.2 Å². The Balaban J connectivity index is 2.03. The van der Waals surface area contributed by atoms with Crippen molar-refractivity contribution >= 4 is 5.95 Å².